The van der Waals surface area contributed by atoms with Crippen molar-refractivity contribution in [3.63, 3.8) is 0 Å². The van der Waals surface area contributed by atoms with Crippen LogP contribution in [0.25, 0.3) is 0 Å². The number of rotatable bonds is 16. The maximum atomic E-state index is 13.0. The second-order valence-corrected chi connectivity index (χ2v) is 11.3. The molecule has 0 saturated heterocycles. The SMILES string of the molecule is CC=C1C2C=C(C)CC1(NC(=O)OCCCCCCCC)c1ccc(OC(=O)OCCCCCCCC)nc1C2. The number of unbranched alkanes of at least 4 members (excludes halogenated alkanes) is 10. The number of alkyl carbamates (subject to hydrolysis) is 1. The second kappa shape index (κ2) is 16.4. The van der Waals surface area contributed by atoms with E-state index in [0.717, 1.165) is 48.9 Å². The van der Waals surface area contributed by atoms with Crippen LogP contribution in [0.5, 0.6) is 5.88 Å². The van der Waals surface area contributed by atoms with Gasteiger partial charge in [0, 0.05) is 24.0 Å². The number of ether oxygens (including phenoxy) is 3. The van der Waals surface area contributed by atoms with E-state index < -0.39 is 17.8 Å². The number of allylic oxidation sites excluding steroid dienone is 2. The van der Waals surface area contributed by atoms with Gasteiger partial charge in [0.1, 0.15) is 0 Å². The largest absolute Gasteiger partial charge is 0.515 e. The molecule has 1 amide bonds. The average molecular weight is 555 g/mol. The molecule has 0 aromatic carbocycles. The fourth-order valence-corrected chi connectivity index (χ4v) is 6.09. The van der Waals surface area contributed by atoms with Gasteiger partial charge in [-0.05, 0) is 44.7 Å². The van der Waals surface area contributed by atoms with Crippen molar-refractivity contribution in [3.05, 3.63) is 46.7 Å². The molecule has 2 unspecified atom stereocenters. The van der Waals surface area contributed by atoms with E-state index in [9.17, 15) is 9.59 Å². The molecule has 0 saturated carbocycles. The van der Waals surface area contributed by atoms with Gasteiger partial charge in [0.25, 0.3) is 0 Å². The topological polar surface area (TPSA) is 86.8 Å². The standard InChI is InChI=1S/C33H50N2O5/c1-5-8-10-12-14-16-20-38-31(36)35-33-24-25(4)22-26(27(33)7-3)23-29-28(33)18-19-30(34-29)40-32(37)39-21-17-15-13-11-9-6-2/h7,18-19,22,26H,5-6,8-17,20-21,23-24H2,1-4H3,(H,35,36). The van der Waals surface area contributed by atoms with Gasteiger partial charge in [0.05, 0.1) is 24.4 Å². The van der Waals surface area contributed by atoms with Crippen molar-refractivity contribution in [3.8, 4) is 5.88 Å². The minimum atomic E-state index is -0.729. The molecular formula is C33H50N2O5. The first-order chi connectivity index (χ1) is 19.4. The molecular weight excluding hydrogens is 504 g/mol. The third-order valence-electron chi connectivity index (χ3n) is 8.01. The van der Waals surface area contributed by atoms with Gasteiger partial charge in [-0.25, -0.2) is 14.6 Å². The van der Waals surface area contributed by atoms with Crippen molar-refractivity contribution in [2.75, 3.05) is 13.2 Å². The fourth-order valence-electron chi connectivity index (χ4n) is 6.09. The molecule has 0 fully saturated rings. The number of hydrogen-bond donors (Lipinski definition) is 1. The number of aromatic nitrogens is 1. The molecule has 1 heterocycles. The summed E-state index contributed by atoms with van der Waals surface area (Å²) >= 11 is 0. The first kappa shape index (κ1) is 31.7. The number of carbonyl (C=O) groups is 2. The van der Waals surface area contributed by atoms with E-state index in [0.29, 0.717) is 26.1 Å². The Labute approximate surface area is 241 Å². The monoisotopic (exact) mass is 554 g/mol. The molecule has 1 aromatic rings. The number of amides is 1. The first-order valence-electron chi connectivity index (χ1n) is 15.6. The minimum Gasteiger partial charge on any atom is -0.450 e. The fraction of sp³-hybridized carbons (Fsp3) is 0.667. The van der Waals surface area contributed by atoms with Crippen molar-refractivity contribution in [1.29, 1.82) is 0 Å². The van der Waals surface area contributed by atoms with Crippen molar-refractivity contribution >= 4 is 12.2 Å². The van der Waals surface area contributed by atoms with E-state index in [4.69, 9.17) is 19.2 Å². The van der Waals surface area contributed by atoms with Crippen LogP contribution in [-0.4, -0.2) is 30.4 Å². The molecule has 222 valence electrons. The summed E-state index contributed by atoms with van der Waals surface area (Å²) < 4.78 is 16.3. The summed E-state index contributed by atoms with van der Waals surface area (Å²) in [4.78, 5) is 30.0. The average Bonchev–Trinajstić information content (AvgIpc) is 2.91. The van der Waals surface area contributed by atoms with Gasteiger partial charge < -0.3 is 19.5 Å². The lowest BCUT2D eigenvalue weighted by molar-refractivity contribution is 0.0956. The summed E-state index contributed by atoms with van der Waals surface area (Å²) in [7, 11) is 0. The second-order valence-electron chi connectivity index (χ2n) is 11.3. The third kappa shape index (κ3) is 8.84. The van der Waals surface area contributed by atoms with E-state index in [2.05, 4.69) is 38.2 Å². The Morgan fingerprint density at radius 3 is 2.23 bits per heavy atom. The van der Waals surface area contributed by atoms with E-state index in [1.165, 1.54) is 50.5 Å². The zero-order chi connectivity index (χ0) is 28.8. The van der Waals surface area contributed by atoms with Crippen LogP contribution >= 0.6 is 0 Å². The molecule has 2 aliphatic carbocycles. The summed E-state index contributed by atoms with van der Waals surface area (Å²) in [6, 6.07) is 3.61. The summed E-state index contributed by atoms with van der Waals surface area (Å²) in [5.41, 5.74) is 3.38. The van der Waals surface area contributed by atoms with Gasteiger partial charge in [-0.1, -0.05) is 95.8 Å². The Hall–Kier alpha value is -2.83. The Kier molecular flexibility index (Phi) is 13.0. The van der Waals surface area contributed by atoms with Crippen LogP contribution in [0.3, 0.4) is 0 Å². The lowest BCUT2D eigenvalue weighted by atomic mass is 9.63. The number of pyridine rings is 1. The minimum absolute atomic E-state index is 0.104. The smallest absolute Gasteiger partial charge is 0.450 e. The molecule has 3 rings (SSSR count). The zero-order valence-corrected chi connectivity index (χ0v) is 25.2. The molecule has 2 atom stereocenters. The summed E-state index contributed by atoms with van der Waals surface area (Å²) in [5, 5.41) is 3.23. The highest BCUT2D eigenvalue weighted by Crippen LogP contribution is 2.50. The van der Waals surface area contributed by atoms with Gasteiger partial charge in [-0.15, -0.1) is 0 Å². The molecule has 2 bridgehead atoms. The first-order valence-corrected chi connectivity index (χ1v) is 15.6. The molecule has 1 aromatic heterocycles. The normalized spacial score (nSPS) is 20.4. The van der Waals surface area contributed by atoms with Crippen LogP contribution in [0.1, 0.15) is 122 Å². The Bertz CT molecular complexity index is 1030. The maximum Gasteiger partial charge on any atom is 0.515 e. The Morgan fingerprint density at radius 2 is 1.57 bits per heavy atom. The van der Waals surface area contributed by atoms with Gasteiger partial charge in [0.2, 0.25) is 5.88 Å². The number of fused-ring (bicyclic) bond motifs is 4. The van der Waals surface area contributed by atoms with Crippen molar-refractivity contribution in [2.45, 2.75) is 123 Å². The van der Waals surface area contributed by atoms with Crippen LogP contribution in [0.4, 0.5) is 9.59 Å². The van der Waals surface area contributed by atoms with Gasteiger partial charge in [0.15, 0.2) is 0 Å². The number of hydrogen-bond acceptors (Lipinski definition) is 6. The predicted molar refractivity (Wildman–Crippen MR) is 158 cm³/mol. The maximum absolute atomic E-state index is 13.0. The van der Waals surface area contributed by atoms with E-state index in [1.54, 1.807) is 6.07 Å². The molecule has 7 heteroatoms. The highest BCUT2D eigenvalue weighted by molar-refractivity contribution is 5.71. The molecule has 0 aliphatic heterocycles. The Morgan fingerprint density at radius 1 is 0.950 bits per heavy atom. The summed E-state index contributed by atoms with van der Waals surface area (Å²) in [6.45, 7) is 9.28. The quantitative estimate of drug-likeness (QED) is 0.125. The van der Waals surface area contributed by atoms with Crippen LogP contribution in [-0.2, 0) is 21.4 Å². The number of nitrogens with zero attached hydrogens (tertiary/aromatic N) is 1. The lowest BCUT2D eigenvalue weighted by Crippen LogP contribution is -2.53. The molecule has 40 heavy (non-hydrogen) atoms. The van der Waals surface area contributed by atoms with Crippen molar-refractivity contribution < 1.29 is 23.8 Å². The van der Waals surface area contributed by atoms with E-state index in [-0.39, 0.29) is 11.8 Å². The third-order valence-corrected chi connectivity index (χ3v) is 8.01. The van der Waals surface area contributed by atoms with Gasteiger partial charge in [-0.2, -0.15) is 0 Å². The molecule has 1 N–H and O–H groups in total. The molecule has 0 spiro atoms. The summed E-state index contributed by atoms with van der Waals surface area (Å²) in [5.74, 6) is 0.322. The van der Waals surface area contributed by atoms with Crippen LogP contribution in [0, 0.1) is 5.92 Å². The van der Waals surface area contributed by atoms with Crippen molar-refractivity contribution in [1.82, 2.24) is 10.3 Å². The molecule has 2 aliphatic rings. The van der Waals surface area contributed by atoms with E-state index in [1.807, 2.05) is 13.0 Å². The van der Waals surface area contributed by atoms with Crippen LogP contribution in [0.2, 0.25) is 0 Å². The number of nitrogens with one attached hydrogen (secondary N) is 1. The Balaban J connectivity index is 1.63. The highest BCUT2D eigenvalue weighted by atomic mass is 16.7. The van der Waals surface area contributed by atoms with E-state index >= 15 is 0 Å². The molecule has 7 nitrogen and oxygen atoms in total. The van der Waals surface area contributed by atoms with Crippen molar-refractivity contribution in [2.24, 2.45) is 5.92 Å². The molecule has 0 radical (unpaired) electrons. The lowest BCUT2D eigenvalue weighted by Gasteiger charge is -2.47. The highest BCUT2D eigenvalue weighted by Gasteiger charge is 2.48. The predicted octanol–water partition coefficient (Wildman–Crippen LogP) is 8.71. The van der Waals surface area contributed by atoms with Gasteiger partial charge in [-0.3, -0.25) is 0 Å². The zero-order valence-electron chi connectivity index (χ0n) is 25.2. The van der Waals surface area contributed by atoms with Gasteiger partial charge >= 0.3 is 12.2 Å². The van der Waals surface area contributed by atoms with Crippen LogP contribution < -0.4 is 10.1 Å². The number of carbonyl (C=O) groups excluding carboxylic acids is 2. The van der Waals surface area contributed by atoms with Crippen LogP contribution in [0.15, 0.2) is 35.4 Å². The summed E-state index contributed by atoms with van der Waals surface area (Å²) in [6.07, 6.45) is 18.1.